The second kappa shape index (κ2) is 10.8. The van der Waals surface area contributed by atoms with Gasteiger partial charge >= 0.3 is 0 Å². The molecule has 0 aliphatic heterocycles. The molecule has 0 bridgehead atoms. The van der Waals surface area contributed by atoms with Crippen LogP contribution in [0.1, 0.15) is 24.6 Å². The van der Waals surface area contributed by atoms with Crippen molar-refractivity contribution in [3.05, 3.63) is 40.4 Å². The van der Waals surface area contributed by atoms with Crippen molar-refractivity contribution in [1.29, 1.82) is 0 Å². The van der Waals surface area contributed by atoms with Gasteiger partial charge in [-0.3, -0.25) is 9.67 Å². The summed E-state index contributed by atoms with van der Waals surface area (Å²) in [4.78, 5) is 6.91. The van der Waals surface area contributed by atoms with Crippen LogP contribution in [-0.2, 0) is 27.1 Å². The predicted octanol–water partition coefficient (Wildman–Crippen LogP) is 3.17. The molecule has 8 heteroatoms. The van der Waals surface area contributed by atoms with Crippen molar-refractivity contribution in [2.45, 2.75) is 26.3 Å². The molecule has 0 atom stereocenters. The van der Waals surface area contributed by atoms with Crippen molar-refractivity contribution in [2.24, 2.45) is 19.1 Å². The van der Waals surface area contributed by atoms with Crippen LogP contribution in [0.3, 0.4) is 0 Å². The first-order valence-electron chi connectivity index (χ1n) is 8.27. The molecule has 0 amide bonds. The minimum absolute atomic E-state index is 0. The molecule has 2 aromatic heterocycles. The van der Waals surface area contributed by atoms with Crippen molar-refractivity contribution >= 4 is 45.9 Å². The highest BCUT2D eigenvalue weighted by atomic mass is 127. The van der Waals surface area contributed by atoms with Crippen molar-refractivity contribution in [1.82, 2.24) is 24.6 Å². The SMILES string of the molecule is CCNC(=NCCCc1cnn(C)c1)N(C)Cc1cc(Br)cn1C.I. The van der Waals surface area contributed by atoms with E-state index >= 15 is 0 Å². The minimum atomic E-state index is 0. The zero-order valence-electron chi connectivity index (χ0n) is 15.4. The van der Waals surface area contributed by atoms with Crippen LogP contribution >= 0.6 is 39.9 Å². The molecular weight excluding hydrogens is 495 g/mol. The molecule has 0 aliphatic rings. The summed E-state index contributed by atoms with van der Waals surface area (Å²) in [5.74, 6) is 0.945. The minimum Gasteiger partial charge on any atom is -0.357 e. The van der Waals surface area contributed by atoms with Gasteiger partial charge in [0, 0.05) is 56.8 Å². The third kappa shape index (κ3) is 7.01. The molecule has 140 valence electrons. The standard InChI is InChI=1S/C17H27BrN6.HI/c1-5-19-17(20-8-6-7-14-10-21-24(4)11-14)23(3)13-16-9-15(18)12-22(16)2;/h9-12H,5-8,13H2,1-4H3,(H,19,20);1H. The van der Waals surface area contributed by atoms with Crippen LogP contribution in [0.4, 0.5) is 0 Å². The van der Waals surface area contributed by atoms with Crippen LogP contribution in [0.15, 0.2) is 34.1 Å². The lowest BCUT2D eigenvalue weighted by Crippen LogP contribution is -2.38. The largest absolute Gasteiger partial charge is 0.357 e. The average Bonchev–Trinajstić information content (AvgIpc) is 3.07. The number of nitrogens with one attached hydrogen (secondary N) is 1. The fraction of sp³-hybridized carbons (Fsp3) is 0.529. The van der Waals surface area contributed by atoms with E-state index in [-0.39, 0.29) is 24.0 Å². The molecule has 0 fully saturated rings. The zero-order chi connectivity index (χ0) is 17.5. The normalized spacial score (nSPS) is 11.3. The van der Waals surface area contributed by atoms with Crippen LogP contribution in [0.2, 0.25) is 0 Å². The van der Waals surface area contributed by atoms with E-state index < -0.39 is 0 Å². The van der Waals surface area contributed by atoms with Crippen molar-refractivity contribution in [2.75, 3.05) is 20.1 Å². The summed E-state index contributed by atoms with van der Waals surface area (Å²) >= 11 is 3.52. The summed E-state index contributed by atoms with van der Waals surface area (Å²) < 4.78 is 5.08. The average molecular weight is 523 g/mol. The number of aryl methyl sites for hydroxylation is 3. The quantitative estimate of drug-likeness (QED) is 0.263. The monoisotopic (exact) mass is 522 g/mol. The predicted molar refractivity (Wildman–Crippen MR) is 118 cm³/mol. The molecule has 2 heterocycles. The van der Waals surface area contributed by atoms with E-state index in [0.717, 1.165) is 42.9 Å². The lowest BCUT2D eigenvalue weighted by molar-refractivity contribution is 0.461. The van der Waals surface area contributed by atoms with Crippen molar-refractivity contribution < 1.29 is 0 Å². The van der Waals surface area contributed by atoms with Crippen molar-refractivity contribution in [3.63, 3.8) is 0 Å². The molecule has 0 aliphatic carbocycles. The molecule has 2 rings (SSSR count). The fourth-order valence-corrected chi connectivity index (χ4v) is 3.15. The van der Waals surface area contributed by atoms with Crippen LogP contribution in [-0.4, -0.2) is 45.3 Å². The van der Waals surface area contributed by atoms with E-state index in [1.807, 2.05) is 17.9 Å². The highest BCUT2D eigenvalue weighted by Crippen LogP contribution is 2.15. The number of aromatic nitrogens is 3. The molecule has 2 aromatic rings. The number of rotatable bonds is 7. The van der Waals surface area contributed by atoms with Gasteiger partial charge in [-0.05, 0) is 47.3 Å². The molecule has 25 heavy (non-hydrogen) atoms. The van der Waals surface area contributed by atoms with Gasteiger partial charge in [0.15, 0.2) is 5.96 Å². The Morgan fingerprint density at radius 3 is 2.68 bits per heavy atom. The highest BCUT2D eigenvalue weighted by Gasteiger charge is 2.09. The Labute approximate surface area is 175 Å². The number of guanidine groups is 1. The van der Waals surface area contributed by atoms with Gasteiger partial charge < -0.3 is 14.8 Å². The van der Waals surface area contributed by atoms with E-state index in [1.165, 1.54) is 11.3 Å². The molecule has 0 saturated heterocycles. The molecule has 0 aromatic carbocycles. The Morgan fingerprint density at radius 2 is 2.12 bits per heavy atom. The maximum atomic E-state index is 4.75. The highest BCUT2D eigenvalue weighted by molar-refractivity contribution is 14.0. The van der Waals surface area contributed by atoms with Crippen LogP contribution in [0.25, 0.3) is 0 Å². The van der Waals surface area contributed by atoms with Gasteiger partial charge in [-0.1, -0.05) is 0 Å². The molecular formula is C17H28BrIN6. The van der Waals surface area contributed by atoms with E-state index in [0.29, 0.717) is 0 Å². The summed E-state index contributed by atoms with van der Waals surface area (Å²) in [6.45, 7) is 4.58. The first-order valence-corrected chi connectivity index (χ1v) is 9.06. The third-order valence-corrected chi connectivity index (χ3v) is 4.25. The lowest BCUT2D eigenvalue weighted by atomic mass is 10.2. The Hall–Kier alpha value is -1.03. The topological polar surface area (TPSA) is 50.4 Å². The smallest absolute Gasteiger partial charge is 0.194 e. The molecule has 0 unspecified atom stereocenters. The van der Waals surface area contributed by atoms with Crippen LogP contribution in [0.5, 0.6) is 0 Å². The number of hydrogen-bond donors (Lipinski definition) is 1. The summed E-state index contributed by atoms with van der Waals surface area (Å²) in [6, 6.07) is 2.14. The summed E-state index contributed by atoms with van der Waals surface area (Å²) in [5.41, 5.74) is 2.50. The Kier molecular flexibility index (Phi) is 9.55. The van der Waals surface area contributed by atoms with Crippen LogP contribution < -0.4 is 5.32 Å². The Balaban J connectivity index is 0.00000312. The van der Waals surface area contributed by atoms with Crippen LogP contribution in [0, 0.1) is 0 Å². The van der Waals surface area contributed by atoms with Gasteiger partial charge in [0.1, 0.15) is 0 Å². The van der Waals surface area contributed by atoms with E-state index in [2.05, 4.69) is 75.3 Å². The first-order chi connectivity index (χ1) is 11.5. The fourth-order valence-electron chi connectivity index (χ4n) is 2.58. The third-order valence-electron chi connectivity index (χ3n) is 3.81. The van der Waals surface area contributed by atoms with Gasteiger partial charge in [0.25, 0.3) is 0 Å². The number of nitrogens with zero attached hydrogens (tertiary/aromatic N) is 5. The number of aliphatic imine (C=N–C) groups is 1. The Morgan fingerprint density at radius 1 is 1.36 bits per heavy atom. The molecule has 0 spiro atoms. The number of hydrogen-bond acceptors (Lipinski definition) is 2. The number of halogens is 2. The van der Waals surface area contributed by atoms with Gasteiger partial charge in [0.2, 0.25) is 0 Å². The van der Waals surface area contributed by atoms with Gasteiger partial charge in [-0.25, -0.2) is 0 Å². The summed E-state index contributed by atoms with van der Waals surface area (Å²) in [6.07, 6.45) is 8.08. The second-order valence-corrected chi connectivity index (χ2v) is 6.89. The first kappa shape index (κ1) is 22.0. The van der Waals surface area contributed by atoms with Gasteiger partial charge in [-0.15, -0.1) is 24.0 Å². The molecule has 6 nitrogen and oxygen atoms in total. The lowest BCUT2D eigenvalue weighted by Gasteiger charge is -2.22. The molecule has 0 saturated carbocycles. The van der Waals surface area contributed by atoms with E-state index in [1.54, 1.807) is 0 Å². The maximum Gasteiger partial charge on any atom is 0.194 e. The molecule has 0 radical (unpaired) electrons. The van der Waals surface area contributed by atoms with Gasteiger partial charge in [-0.2, -0.15) is 5.10 Å². The zero-order valence-corrected chi connectivity index (χ0v) is 19.3. The van der Waals surface area contributed by atoms with Gasteiger partial charge in [0.05, 0.1) is 12.7 Å². The summed E-state index contributed by atoms with van der Waals surface area (Å²) in [5, 5.41) is 7.57. The summed E-state index contributed by atoms with van der Waals surface area (Å²) in [7, 11) is 6.08. The van der Waals surface area contributed by atoms with E-state index in [4.69, 9.17) is 4.99 Å². The molecule has 1 N–H and O–H groups in total. The maximum absolute atomic E-state index is 4.75. The second-order valence-electron chi connectivity index (χ2n) is 5.98. The Bertz CT molecular complexity index is 678. The van der Waals surface area contributed by atoms with Crippen molar-refractivity contribution in [3.8, 4) is 0 Å². The van der Waals surface area contributed by atoms with E-state index in [9.17, 15) is 0 Å².